The molecule has 0 fully saturated rings. The van der Waals surface area contributed by atoms with Gasteiger partial charge in [-0.3, -0.25) is 0 Å². The molecule has 4 rings (SSSR count). The smallest absolute Gasteiger partial charge is 0.0348 e. The molecule has 0 saturated heterocycles. The van der Waals surface area contributed by atoms with Crippen molar-refractivity contribution in [2.45, 2.75) is 33.7 Å². The van der Waals surface area contributed by atoms with E-state index in [4.69, 9.17) is 0 Å². The van der Waals surface area contributed by atoms with E-state index in [0.29, 0.717) is 0 Å². The van der Waals surface area contributed by atoms with Crippen LogP contribution in [0.1, 0.15) is 29.2 Å². The number of hydrogen-bond acceptors (Lipinski definition) is 3. The summed E-state index contributed by atoms with van der Waals surface area (Å²) in [6.07, 6.45) is 1.14. The summed E-state index contributed by atoms with van der Waals surface area (Å²) in [6, 6.07) is 13.0. The number of thiophene rings is 2. The van der Waals surface area contributed by atoms with Crippen molar-refractivity contribution < 1.29 is 0 Å². The second kappa shape index (κ2) is 11.3. The molecular weight excluding hydrogens is 493 g/mol. The first kappa shape index (κ1) is 23.3. The number of hydrogen-bond donors (Lipinski definition) is 0. The van der Waals surface area contributed by atoms with Gasteiger partial charge in [0.05, 0.1) is 0 Å². The van der Waals surface area contributed by atoms with Crippen molar-refractivity contribution in [3.05, 3.63) is 69.4 Å². The quantitative estimate of drug-likeness (QED) is 0.194. The molecule has 0 radical (unpaired) electrons. The van der Waals surface area contributed by atoms with Gasteiger partial charge < -0.3 is 4.90 Å². The maximum atomic E-state index is 2.28. The van der Waals surface area contributed by atoms with Crippen LogP contribution >= 0.6 is 45.3 Å². The summed E-state index contributed by atoms with van der Waals surface area (Å²) in [5, 5.41) is 7.48. The van der Waals surface area contributed by atoms with Crippen LogP contribution in [-0.4, -0.2) is 23.9 Å². The van der Waals surface area contributed by atoms with E-state index in [1.54, 1.807) is 0 Å². The lowest BCUT2D eigenvalue weighted by atomic mass is 10.1. The van der Waals surface area contributed by atoms with Gasteiger partial charge in [-0.1, -0.05) is 53.8 Å². The number of benzene rings is 2. The predicted octanol–water partition coefficient (Wildman–Crippen LogP) is 8.09. The van der Waals surface area contributed by atoms with E-state index in [0.717, 1.165) is 13.0 Å². The highest BCUT2D eigenvalue weighted by Crippen LogP contribution is 2.29. The molecule has 0 aliphatic carbocycles. The van der Waals surface area contributed by atoms with E-state index in [-0.39, 0.29) is 0 Å². The summed E-state index contributed by atoms with van der Waals surface area (Å²) in [5.74, 6) is 0. The Balaban J connectivity index is 0.000000186. The summed E-state index contributed by atoms with van der Waals surface area (Å²) < 4.78 is 2.83. The Morgan fingerprint density at radius 2 is 1.25 bits per heavy atom. The third-order valence-corrected chi connectivity index (χ3v) is 6.63. The van der Waals surface area contributed by atoms with Gasteiger partial charge in [0.2, 0.25) is 0 Å². The van der Waals surface area contributed by atoms with Crippen molar-refractivity contribution in [3.63, 3.8) is 0 Å². The maximum Gasteiger partial charge on any atom is 0.0348 e. The second-order valence-electron chi connectivity index (χ2n) is 7.01. The number of aryl methyl sites for hydroxylation is 3. The van der Waals surface area contributed by atoms with Gasteiger partial charge in [0.25, 0.3) is 0 Å². The Morgan fingerprint density at radius 1 is 0.786 bits per heavy atom. The van der Waals surface area contributed by atoms with Gasteiger partial charge in [0.15, 0.2) is 0 Å². The SMILES string of the molecule is CCc1csc2cccc(C)c12.CI.Cc1cccc2scc(CN(C)C)c12. The highest BCUT2D eigenvalue weighted by molar-refractivity contribution is 14.1. The van der Waals surface area contributed by atoms with Gasteiger partial charge in [-0.25, -0.2) is 0 Å². The van der Waals surface area contributed by atoms with E-state index in [1.807, 2.05) is 27.6 Å². The highest BCUT2D eigenvalue weighted by atomic mass is 127. The molecule has 28 heavy (non-hydrogen) atoms. The highest BCUT2D eigenvalue weighted by Gasteiger charge is 2.06. The molecule has 2 heterocycles. The van der Waals surface area contributed by atoms with Crippen molar-refractivity contribution in [3.8, 4) is 0 Å². The molecule has 2 aromatic heterocycles. The molecule has 0 atom stereocenters. The fourth-order valence-electron chi connectivity index (χ4n) is 3.41. The standard InChI is InChI=1S/C12H15NS.C11H12S.CH3I/c1-9-5-4-6-11-12(9)10(8-14-11)7-13(2)3;1-3-9-7-12-10-6-4-5-8(2)11(9)10;1-2/h4-6,8H,7H2,1-3H3;4-7H,3H2,1-2H3;1H3. The van der Waals surface area contributed by atoms with E-state index in [2.05, 4.69) is 110 Å². The molecule has 1 nitrogen and oxygen atoms in total. The summed E-state index contributed by atoms with van der Waals surface area (Å²) >= 11 is 5.85. The zero-order valence-corrected chi connectivity index (χ0v) is 21.5. The van der Waals surface area contributed by atoms with Crippen LogP contribution in [0.5, 0.6) is 0 Å². The molecule has 2 aromatic carbocycles. The molecule has 4 aromatic rings. The number of alkyl halides is 1. The van der Waals surface area contributed by atoms with Crippen molar-refractivity contribution in [1.82, 2.24) is 4.90 Å². The predicted molar refractivity (Wildman–Crippen MR) is 140 cm³/mol. The van der Waals surface area contributed by atoms with E-state index in [9.17, 15) is 0 Å². The van der Waals surface area contributed by atoms with Gasteiger partial charge >= 0.3 is 0 Å². The summed E-state index contributed by atoms with van der Waals surface area (Å²) in [5.41, 5.74) is 5.74. The fraction of sp³-hybridized carbons (Fsp3) is 0.333. The van der Waals surface area contributed by atoms with Crippen LogP contribution in [0.2, 0.25) is 0 Å². The minimum Gasteiger partial charge on any atom is -0.305 e. The maximum absolute atomic E-state index is 2.28. The number of halogens is 1. The second-order valence-corrected chi connectivity index (χ2v) is 8.83. The van der Waals surface area contributed by atoms with Crippen LogP contribution < -0.4 is 0 Å². The average Bonchev–Trinajstić information content (AvgIpc) is 3.29. The van der Waals surface area contributed by atoms with Crippen molar-refractivity contribution in [2.24, 2.45) is 0 Å². The number of rotatable bonds is 3. The monoisotopic (exact) mass is 523 g/mol. The lowest BCUT2D eigenvalue weighted by Crippen LogP contribution is -2.10. The third-order valence-electron chi connectivity index (χ3n) is 4.64. The van der Waals surface area contributed by atoms with Gasteiger partial charge in [-0.15, -0.1) is 22.7 Å². The van der Waals surface area contributed by atoms with Crippen LogP contribution in [0.3, 0.4) is 0 Å². The molecule has 0 aliphatic heterocycles. The van der Waals surface area contributed by atoms with E-state index in [1.165, 1.54) is 42.4 Å². The van der Waals surface area contributed by atoms with Gasteiger partial charge in [-0.2, -0.15) is 0 Å². The molecule has 0 aliphatic rings. The topological polar surface area (TPSA) is 3.24 Å². The van der Waals surface area contributed by atoms with E-state index < -0.39 is 0 Å². The van der Waals surface area contributed by atoms with Crippen LogP contribution in [-0.2, 0) is 13.0 Å². The Kier molecular flexibility index (Phi) is 9.41. The minimum atomic E-state index is 1.03. The first-order valence-electron chi connectivity index (χ1n) is 9.45. The Hall–Kier alpha value is -0.950. The lowest BCUT2D eigenvalue weighted by molar-refractivity contribution is 0.404. The zero-order valence-electron chi connectivity index (χ0n) is 17.7. The molecule has 150 valence electrons. The summed E-state index contributed by atoms with van der Waals surface area (Å²) in [4.78, 5) is 4.19. The number of fused-ring (bicyclic) bond motifs is 2. The van der Waals surface area contributed by atoms with Gasteiger partial charge in [-0.05, 0) is 95.2 Å². The van der Waals surface area contributed by atoms with Crippen LogP contribution in [0.25, 0.3) is 20.2 Å². The number of nitrogens with zero attached hydrogens (tertiary/aromatic N) is 1. The fourth-order valence-corrected chi connectivity index (χ4v) is 5.55. The van der Waals surface area contributed by atoms with Crippen molar-refractivity contribution in [1.29, 1.82) is 0 Å². The molecule has 0 unspecified atom stereocenters. The summed E-state index contributed by atoms with van der Waals surface area (Å²) in [6.45, 7) is 7.63. The van der Waals surface area contributed by atoms with Crippen molar-refractivity contribution >= 4 is 65.4 Å². The molecule has 0 N–H and O–H groups in total. The Morgan fingerprint density at radius 3 is 1.71 bits per heavy atom. The van der Waals surface area contributed by atoms with Crippen LogP contribution in [0.15, 0.2) is 47.2 Å². The Labute approximate surface area is 191 Å². The third kappa shape index (κ3) is 5.56. The van der Waals surface area contributed by atoms with Gasteiger partial charge in [0, 0.05) is 15.9 Å². The average molecular weight is 524 g/mol. The molecule has 0 spiro atoms. The van der Waals surface area contributed by atoms with Crippen molar-refractivity contribution in [2.75, 3.05) is 19.0 Å². The molecule has 0 amide bonds. The lowest BCUT2D eigenvalue weighted by Gasteiger charge is -2.09. The molecule has 4 heteroatoms. The zero-order chi connectivity index (χ0) is 20.7. The first-order valence-corrected chi connectivity index (χ1v) is 13.4. The normalized spacial score (nSPS) is 10.6. The van der Waals surface area contributed by atoms with Crippen LogP contribution in [0, 0.1) is 13.8 Å². The molecular formula is C24H30INS2. The Bertz CT molecular complexity index is 1010. The van der Waals surface area contributed by atoms with Crippen LogP contribution in [0.4, 0.5) is 0 Å². The molecule has 0 bridgehead atoms. The summed E-state index contributed by atoms with van der Waals surface area (Å²) in [7, 11) is 4.23. The minimum absolute atomic E-state index is 1.03. The molecule has 0 saturated carbocycles. The first-order chi connectivity index (χ1) is 13.5. The largest absolute Gasteiger partial charge is 0.305 e. The van der Waals surface area contributed by atoms with E-state index >= 15 is 0 Å². The van der Waals surface area contributed by atoms with Gasteiger partial charge in [0.1, 0.15) is 0 Å².